The zero-order valence-corrected chi connectivity index (χ0v) is 25.7. The Balaban J connectivity index is 1.31. The molecular weight excluding hydrogens is 616 g/mol. The predicted molar refractivity (Wildman–Crippen MR) is 165 cm³/mol. The van der Waals surface area contributed by atoms with Crippen LogP contribution in [-0.4, -0.2) is 36.0 Å². The van der Waals surface area contributed by atoms with Gasteiger partial charge in [-0.2, -0.15) is 13.2 Å². The van der Waals surface area contributed by atoms with E-state index in [0.29, 0.717) is 5.92 Å². The van der Waals surface area contributed by atoms with Crippen molar-refractivity contribution in [2.45, 2.75) is 50.9 Å². The molecule has 0 heterocycles. The Morgan fingerprint density at radius 2 is 1.70 bits per heavy atom. The third-order valence-corrected chi connectivity index (χ3v) is 9.61. The number of carboxylic acids is 1. The molecule has 0 aliphatic heterocycles. The number of rotatable bonds is 9. The number of ether oxygens (including phenoxy) is 1. The number of fused-ring (bicyclic) bond motifs is 2. The fraction of sp³-hybridized carbons (Fsp3) is 0.361. The molecular formula is C36H34F4N2O5. The molecule has 3 aromatic rings. The number of hydrogen-bond acceptors (Lipinski definition) is 4. The minimum absolute atomic E-state index is 0.0124. The molecule has 3 saturated carbocycles. The predicted octanol–water partition coefficient (Wildman–Crippen LogP) is 7.19. The number of allylic oxidation sites excluding steroid dienone is 1. The first-order valence-corrected chi connectivity index (χ1v) is 15.6. The van der Waals surface area contributed by atoms with Gasteiger partial charge in [-0.1, -0.05) is 35.9 Å². The topological polar surface area (TPSA) is 105 Å². The van der Waals surface area contributed by atoms with Crippen LogP contribution in [0.15, 0.2) is 72.3 Å². The average Bonchev–Trinajstić information content (AvgIpc) is 3.72. The number of carbonyl (C=O) groups is 3. The molecule has 7 nitrogen and oxygen atoms in total. The summed E-state index contributed by atoms with van der Waals surface area (Å²) in [5, 5.41) is 15.3. The Morgan fingerprint density at radius 3 is 2.38 bits per heavy atom. The molecule has 3 aliphatic rings. The lowest BCUT2D eigenvalue weighted by Gasteiger charge is -2.31. The van der Waals surface area contributed by atoms with E-state index >= 15 is 0 Å². The van der Waals surface area contributed by atoms with Crippen LogP contribution in [0.3, 0.4) is 0 Å². The maximum absolute atomic E-state index is 14.8. The Hall–Kier alpha value is -4.67. The molecule has 2 unspecified atom stereocenters. The van der Waals surface area contributed by atoms with E-state index in [1.807, 2.05) is 0 Å². The first kappa shape index (κ1) is 32.3. The summed E-state index contributed by atoms with van der Waals surface area (Å²) in [6.45, 7) is 1.51. The van der Waals surface area contributed by atoms with E-state index in [2.05, 4.69) is 16.7 Å². The van der Waals surface area contributed by atoms with Crippen molar-refractivity contribution in [3.05, 3.63) is 100 Å². The second-order valence-electron chi connectivity index (χ2n) is 12.5. The zero-order valence-electron chi connectivity index (χ0n) is 25.7. The van der Waals surface area contributed by atoms with Gasteiger partial charge in [-0.25, -0.2) is 9.18 Å². The molecule has 0 spiro atoms. The van der Waals surface area contributed by atoms with Crippen molar-refractivity contribution < 1.29 is 41.8 Å². The van der Waals surface area contributed by atoms with Crippen molar-refractivity contribution in [3.8, 4) is 16.9 Å². The number of nitrogens with one attached hydrogen (secondary N) is 2. The maximum atomic E-state index is 14.8. The number of alkyl halides is 3. The number of methoxy groups -OCH3 is 1. The van der Waals surface area contributed by atoms with Crippen molar-refractivity contribution in [3.63, 3.8) is 0 Å². The van der Waals surface area contributed by atoms with Crippen molar-refractivity contribution in [1.29, 1.82) is 0 Å². The van der Waals surface area contributed by atoms with Crippen LogP contribution in [0.1, 0.15) is 70.5 Å². The van der Waals surface area contributed by atoms with Gasteiger partial charge in [-0.3, -0.25) is 9.59 Å². The fourth-order valence-corrected chi connectivity index (χ4v) is 7.24. The number of benzene rings is 3. The van der Waals surface area contributed by atoms with Crippen molar-refractivity contribution in [2.24, 2.45) is 23.7 Å². The van der Waals surface area contributed by atoms with Gasteiger partial charge in [0.25, 0.3) is 5.91 Å². The van der Waals surface area contributed by atoms with Gasteiger partial charge in [0, 0.05) is 17.5 Å². The van der Waals surface area contributed by atoms with Crippen molar-refractivity contribution >= 4 is 17.8 Å². The summed E-state index contributed by atoms with van der Waals surface area (Å²) in [5.41, 5.74) is 0.415. The smallest absolute Gasteiger partial charge is 0.416 e. The van der Waals surface area contributed by atoms with Crippen molar-refractivity contribution in [1.82, 2.24) is 10.6 Å². The Bertz CT molecular complexity index is 1770. The lowest BCUT2D eigenvalue weighted by Crippen LogP contribution is -2.50. The van der Waals surface area contributed by atoms with Crippen LogP contribution >= 0.6 is 0 Å². The molecule has 3 aromatic carbocycles. The van der Waals surface area contributed by atoms with Gasteiger partial charge in [0.05, 0.1) is 35.8 Å². The summed E-state index contributed by atoms with van der Waals surface area (Å²) in [6, 6.07) is 11.3. The molecule has 2 bridgehead atoms. The zero-order chi connectivity index (χ0) is 33.6. The summed E-state index contributed by atoms with van der Waals surface area (Å²) in [4.78, 5) is 39.4. The SMILES string of the molecule is COc1ccc(-c2cc(C(=O)O)ccc2F)cc1C(=O)N[C@@H]1C2CCC(/C2=C/C2CC2)[C@@H]1C(=O)N[C@@H](C)c1ccccc1C(F)(F)F. The van der Waals surface area contributed by atoms with E-state index in [9.17, 15) is 37.1 Å². The molecule has 6 rings (SSSR count). The number of hydrogen-bond donors (Lipinski definition) is 3. The largest absolute Gasteiger partial charge is 0.496 e. The number of aromatic carboxylic acids is 1. The van der Waals surface area contributed by atoms with Crippen LogP contribution in [0.4, 0.5) is 17.6 Å². The van der Waals surface area contributed by atoms with Crippen LogP contribution in [0, 0.1) is 29.5 Å². The highest BCUT2D eigenvalue weighted by Crippen LogP contribution is 2.54. The second-order valence-corrected chi connectivity index (χ2v) is 12.5. The summed E-state index contributed by atoms with van der Waals surface area (Å²) in [7, 11) is 1.38. The number of halogens is 4. The fourth-order valence-electron chi connectivity index (χ4n) is 7.24. The van der Waals surface area contributed by atoms with E-state index in [1.165, 1.54) is 56.5 Å². The molecule has 3 N–H and O–H groups in total. The molecule has 246 valence electrons. The first-order valence-electron chi connectivity index (χ1n) is 15.6. The third kappa shape index (κ3) is 6.35. The van der Waals surface area contributed by atoms with E-state index in [1.54, 1.807) is 0 Å². The average molecular weight is 651 g/mol. The highest BCUT2D eigenvalue weighted by molar-refractivity contribution is 5.99. The normalized spacial score (nSPS) is 23.4. The molecule has 0 radical (unpaired) electrons. The summed E-state index contributed by atoms with van der Waals surface area (Å²) < 4.78 is 61.6. The van der Waals surface area contributed by atoms with Gasteiger partial charge in [0.1, 0.15) is 11.6 Å². The van der Waals surface area contributed by atoms with E-state index in [4.69, 9.17) is 4.74 Å². The minimum Gasteiger partial charge on any atom is -0.496 e. The quantitative estimate of drug-likeness (QED) is 0.168. The van der Waals surface area contributed by atoms with Crippen LogP contribution in [0.5, 0.6) is 5.75 Å². The highest BCUT2D eigenvalue weighted by atomic mass is 19.4. The maximum Gasteiger partial charge on any atom is 0.416 e. The number of carbonyl (C=O) groups excluding carboxylic acids is 2. The van der Waals surface area contributed by atoms with Crippen LogP contribution < -0.4 is 15.4 Å². The summed E-state index contributed by atoms with van der Waals surface area (Å²) in [6.07, 6.45) is 1.17. The van der Waals surface area contributed by atoms with Crippen molar-refractivity contribution in [2.75, 3.05) is 7.11 Å². The van der Waals surface area contributed by atoms with Crippen LogP contribution in [0.2, 0.25) is 0 Å². The van der Waals surface area contributed by atoms with Gasteiger partial charge >= 0.3 is 12.1 Å². The number of amides is 2. The lowest BCUT2D eigenvalue weighted by molar-refractivity contribution is -0.139. The van der Waals surface area contributed by atoms with E-state index in [0.717, 1.165) is 49.5 Å². The molecule has 0 saturated heterocycles. The van der Waals surface area contributed by atoms with E-state index in [-0.39, 0.29) is 45.4 Å². The first-order chi connectivity index (χ1) is 22.4. The Kier molecular flexibility index (Phi) is 8.59. The molecule has 2 amide bonds. The molecule has 11 heteroatoms. The Labute approximate surface area is 269 Å². The van der Waals surface area contributed by atoms with Crippen LogP contribution in [-0.2, 0) is 11.0 Å². The second kappa shape index (κ2) is 12.5. The highest BCUT2D eigenvalue weighted by Gasteiger charge is 2.55. The van der Waals surface area contributed by atoms with Gasteiger partial charge in [0.2, 0.25) is 5.91 Å². The van der Waals surface area contributed by atoms with Gasteiger partial charge in [0.15, 0.2) is 0 Å². The van der Waals surface area contributed by atoms with Gasteiger partial charge in [-0.15, -0.1) is 0 Å². The van der Waals surface area contributed by atoms with Crippen LogP contribution in [0.25, 0.3) is 11.1 Å². The standard InChI is InChI=1S/C36H34F4N2O5/c1-18(22-5-3-4-6-28(22)36(38,39)40)41-34(44)31-23-11-12-24(26(23)15-19-7-8-19)32(31)42-33(43)27-16-20(10-14-30(27)47-2)25-17-21(35(45)46)9-13-29(25)37/h3-6,9-10,13-19,23-24,31-32H,7-8,11-12H2,1-2H3,(H,41,44)(H,42,43)(H,45,46)/b26-15-/t18-,23?,24?,31-,32+/m0/s1. The molecule has 47 heavy (non-hydrogen) atoms. The molecule has 0 aromatic heterocycles. The molecule has 3 aliphatic carbocycles. The summed E-state index contributed by atoms with van der Waals surface area (Å²) >= 11 is 0. The number of carboxylic acid groups (broad SMARTS) is 1. The molecule has 5 atom stereocenters. The van der Waals surface area contributed by atoms with Gasteiger partial charge < -0.3 is 20.5 Å². The van der Waals surface area contributed by atoms with E-state index < -0.39 is 53.3 Å². The third-order valence-electron chi connectivity index (χ3n) is 9.61. The molecule has 3 fully saturated rings. The Morgan fingerprint density at radius 1 is 0.979 bits per heavy atom. The minimum atomic E-state index is -4.59. The van der Waals surface area contributed by atoms with Gasteiger partial charge in [-0.05, 0) is 92.0 Å². The monoisotopic (exact) mass is 650 g/mol. The summed E-state index contributed by atoms with van der Waals surface area (Å²) in [5.74, 6) is -3.33. The lowest BCUT2D eigenvalue weighted by atomic mass is 9.83.